The minimum absolute atomic E-state index is 0.559. The molecule has 3 nitrogen and oxygen atoms in total. The van der Waals surface area contributed by atoms with Gasteiger partial charge in [-0.2, -0.15) is 0 Å². The zero-order chi connectivity index (χ0) is 11.3. The van der Waals surface area contributed by atoms with Crippen molar-refractivity contribution < 1.29 is 0 Å². The molecular formula is C12H21N3. The van der Waals surface area contributed by atoms with Crippen LogP contribution in [0.5, 0.6) is 0 Å². The van der Waals surface area contributed by atoms with E-state index in [0.29, 0.717) is 6.04 Å². The molecule has 0 aliphatic heterocycles. The van der Waals surface area contributed by atoms with Gasteiger partial charge in [-0.3, -0.25) is 4.98 Å². The predicted octanol–water partition coefficient (Wildman–Crippen LogP) is 2.75. The van der Waals surface area contributed by atoms with Gasteiger partial charge in [0.25, 0.3) is 0 Å². The molecule has 0 radical (unpaired) electrons. The van der Waals surface area contributed by atoms with Gasteiger partial charge < -0.3 is 10.2 Å². The highest BCUT2D eigenvalue weighted by atomic mass is 15.1. The first kappa shape index (κ1) is 11.8. The van der Waals surface area contributed by atoms with Gasteiger partial charge in [0.05, 0.1) is 23.8 Å². The van der Waals surface area contributed by atoms with Crippen LogP contribution in [-0.4, -0.2) is 25.1 Å². The van der Waals surface area contributed by atoms with E-state index in [-0.39, 0.29) is 0 Å². The first-order valence-corrected chi connectivity index (χ1v) is 5.54. The Morgan fingerprint density at radius 3 is 2.80 bits per heavy atom. The van der Waals surface area contributed by atoms with Gasteiger partial charge in [-0.05, 0) is 19.4 Å². The van der Waals surface area contributed by atoms with Crippen molar-refractivity contribution in [3.8, 4) is 0 Å². The van der Waals surface area contributed by atoms with Gasteiger partial charge in [0, 0.05) is 20.1 Å². The summed E-state index contributed by atoms with van der Waals surface area (Å²) in [6, 6.07) is 2.68. The van der Waals surface area contributed by atoms with Crippen molar-refractivity contribution in [3.05, 3.63) is 18.5 Å². The standard InChI is InChI=1S/C12H21N3/c1-5-6-10(2)15(4)12-7-11(13-3)8-14-9-12/h7-10,13H,5-6H2,1-4H3. The minimum atomic E-state index is 0.559. The molecule has 0 amide bonds. The maximum absolute atomic E-state index is 4.21. The van der Waals surface area contributed by atoms with E-state index < -0.39 is 0 Å². The molecule has 0 saturated heterocycles. The number of nitrogens with one attached hydrogen (secondary N) is 1. The normalized spacial score (nSPS) is 12.3. The van der Waals surface area contributed by atoms with Gasteiger partial charge >= 0.3 is 0 Å². The van der Waals surface area contributed by atoms with Crippen molar-refractivity contribution in [1.29, 1.82) is 0 Å². The molecule has 0 aliphatic rings. The molecule has 1 N–H and O–H groups in total. The highest BCUT2D eigenvalue weighted by Gasteiger charge is 2.09. The molecule has 1 unspecified atom stereocenters. The average Bonchev–Trinajstić information content (AvgIpc) is 2.28. The lowest BCUT2D eigenvalue weighted by atomic mass is 10.1. The van der Waals surface area contributed by atoms with Crippen LogP contribution in [0.25, 0.3) is 0 Å². The van der Waals surface area contributed by atoms with E-state index >= 15 is 0 Å². The van der Waals surface area contributed by atoms with E-state index in [0.717, 1.165) is 5.69 Å². The van der Waals surface area contributed by atoms with E-state index in [1.165, 1.54) is 18.5 Å². The second-order valence-corrected chi connectivity index (χ2v) is 3.93. The van der Waals surface area contributed by atoms with Crippen LogP contribution < -0.4 is 10.2 Å². The number of hydrogen-bond acceptors (Lipinski definition) is 3. The minimum Gasteiger partial charge on any atom is -0.387 e. The van der Waals surface area contributed by atoms with Crippen LogP contribution in [0.1, 0.15) is 26.7 Å². The Bertz CT molecular complexity index is 299. The molecule has 1 rings (SSSR count). The fourth-order valence-corrected chi connectivity index (χ4v) is 1.62. The molecule has 84 valence electrons. The summed E-state index contributed by atoms with van der Waals surface area (Å²) < 4.78 is 0. The van der Waals surface area contributed by atoms with Crippen molar-refractivity contribution in [2.45, 2.75) is 32.7 Å². The third kappa shape index (κ3) is 3.11. The lowest BCUT2D eigenvalue weighted by Crippen LogP contribution is -2.28. The highest BCUT2D eigenvalue weighted by molar-refractivity contribution is 5.55. The molecule has 0 spiro atoms. The monoisotopic (exact) mass is 207 g/mol. The van der Waals surface area contributed by atoms with Crippen molar-refractivity contribution in [2.75, 3.05) is 24.3 Å². The smallest absolute Gasteiger partial charge is 0.0573 e. The molecule has 0 aromatic carbocycles. The quantitative estimate of drug-likeness (QED) is 0.804. The summed E-state index contributed by atoms with van der Waals surface area (Å²) in [5.41, 5.74) is 2.23. The van der Waals surface area contributed by atoms with Gasteiger partial charge in [-0.25, -0.2) is 0 Å². The zero-order valence-corrected chi connectivity index (χ0v) is 10.1. The summed E-state index contributed by atoms with van der Waals surface area (Å²) in [5, 5.41) is 3.10. The molecule has 0 fully saturated rings. The fourth-order valence-electron chi connectivity index (χ4n) is 1.62. The topological polar surface area (TPSA) is 28.2 Å². The number of hydrogen-bond donors (Lipinski definition) is 1. The van der Waals surface area contributed by atoms with E-state index in [4.69, 9.17) is 0 Å². The molecular weight excluding hydrogens is 186 g/mol. The SMILES string of the molecule is CCCC(C)N(C)c1cncc(NC)c1. The van der Waals surface area contributed by atoms with Gasteiger partial charge in [0.1, 0.15) is 0 Å². The first-order valence-electron chi connectivity index (χ1n) is 5.54. The summed E-state index contributed by atoms with van der Waals surface area (Å²) in [4.78, 5) is 6.49. The number of anilines is 2. The highest BCUT2D eigenvalue weighted by Crippen LogP contribution is 2.19. The number of pyridine rings is 1. The van der Waals surface area contributed by atoms with E-state index in [1.807, 2.05) is 19.4 Å². The Morgan fingerprint density at radius 1 is 1.47 bits per heavy atom. The second-order valence-electron chi connectivity index (χ2n) is 3.93. The third-order valence-corrected chi connectivity index (χ3v) is 2.79. The average molecular weight is 207 g/mol. The Balaban J connectivity index is 2.76. The van der Waals surface area contributed by atoms with Crippen LogP contribution in [0.3, 0.4) is 0 Å². The van der Waals surface area contributed by atoms with Gasteiger partial charge in [-0.15, -0.1) is 0 Å². The van der Waals surface area contributed by atoms with Crippen molar-refractivity contribution in [3.63, 3.8) is 0 Å². The Kier molecular flexibility index (Phi) is 4.40. The zero-order valence-electron chi connectivity index (χ0n) is 10.1. The van der Waals surface area contributed by atoms with Crippen LogP contribution in [-0.2, 0) is 0 Å². The van der Waals surface area contributed by atoms with Gasteiger partial charge in [-0.1, -0.05) is 13.3 Å². The summed E-state index contributed by atoms with van der Waals surface area (Å²) >= 11 is 0. The maximum atomic E-state index is 4.21. The second kappa shape index (κ2) is 5.59. The van der Waals surface area contributed by atoms with Crippen LogP contribution in [0.2, 0.25) is 0 Å². The predicted molar refractivity (Wildman–Crippen MR) is 66.6 cm³/mol. The van der Waals surface area contributed by atoms with Crippen LogP contribution in [0, 0.1) is 0 Å². The summed E-state index contributed by atoms with van der Waals surface area (Å²) in [6.45, 7) is 4.46. The molecule has 0 saturated carbocycles. The molecule has 1 aromatic rings. The van der Waals surface area contributed by atoms with Crippen molar-refractivity contribution in [2.24, 2.45) is 0 Å². The van der Waals surface area contributed by atoms with E-state index in [2.05, 4.69) is 42.2 Å². The molecule has 3 heteroatoms. The largest absolute Gasteiger partial charge is 0.387 e. The van der Waals surface area contributed by atoms with E-state index in [1.54, 1.807) is 0 Å². The molecule has 1 heterocycles. The van der Waals surface area contributed by atoms with Crippen LogP contribution in [0.15, 0.2) is 18.5 Å². The van der Waals surface area contributed by atoms with Crippen molar-refractivity contribution in [1.82, 2.24) is 4.98 Å². The number of rotatable bonds is 5. The maximum Gasteiger partial charge on any atom is 0.0573 e. The Labute approximate surface area is 92.5 Å². The summed E-state index contributed by atoms with van der Waals surface area (Å²) in [6.07, 6.45) is 6.17. The Hall–Kier alpha value is -1.25. The van der Waals surface area contributed by atoms with E-state index in [9.17, 15) is 0 Å². The molecule has 0 aliphatic carbocycles. The molecule has 15 heavy (non-hydrogen) atoms. The molecule has 1 aromatic heterocycles. The fraction of sp³-hybridized carbons (Fsp3) is 0.583. The number of nitrogens with zero attached hydrogens (tertiary/aromatic N) is 2. The number of aromatic nitrogens is 1. The van der Waals surface area contributed by atoms with Crippen LogP contribution in [0.4, 0.5) is 11.4 Å². The lowest BCUT2D eigenvalue weighted by molar-refractivity contribution is 0.615. The van der Waals surface area contributed by atoms with Gasteiger partial charge in [0.15, 0.2) is 0 Å². The van der Waals surface area contributed by atoms with Crippen LogP contribution >= 0.6 is 0 Å². The third-order valence-electron chi connectivity index (χ3n) is 2.79. The first-order chi connectivity index (χ1) is 7.19. The molecule has 1 atom stereocenters. The summed E-state index contributed by atoms with van der Waals surface area (Å²) in [5.74, 6) is 0. The van der Waals surface area contributed by atoms with Gasteiger partial charge in [0.2, 0.25) is 0 Å². The molecule has 0 bridgehead atoms. The van der Waals surface area contributed by atoms with Crippen molar-refractivity contribution >= 4 is 11.4 Å². The lowest BCUT2D eigenvalue weighted by Gasteiger charge is -2.26. The Morgan fingerprint density at radius 2 is 2.20 bits per heavy atom. The summed E-state index contributed by atoms with van der Waals surface area (Å²) in [7, 11) is 4.03.